The summed E-state index contributed by atoms with van der Waals surface area (Å²) in [6, 6.07) is 20.4. The fourth-order valence-electron chi connectivity index (χ4n) is 3.46. The second-order valence-corrected chi connectivity index (χ2v) is 9.08. The van der Waals surface area contributed by atoms with Crippen molar-refractivity contribution in [1.29, 1.82) is 0 Å². The number of hydrogen-bond donors (Lipinski definition) is 0. The van der Waals surface area contributed by atoms with E-state index in [1.165, 1.54) is 40.8 Å². The molecule has 0 fully saturated rings. The maximum atomic E-state index is 13.4. The molecular formula is C24H18FN3OS2. The van der Waals surface area contributed by atoms with Gasteiger partial charge in [-0.1, -0.05) is 54.2 Å². The van der Waals surface area contributed by atoms with Gasteiger partial charge in [0.1, 0.15) is 15.3 Å². The molecule has 4 nitrogen and oxygen atoms in total. The van der Waals surface area contributed by atoms with Crippen molar-refractivity contribution in [3.8, 4) is 0 Å². The molecule has 0 spiro atoms. The number of pyridine rings is 1. The lowest BCUT2D eigenvalue weighted by Gasteiger charge is -2.12. The fraction of sp³-hybridized carbons (Fsp3) is 0.125. The van der Waals surface area contributed by atoms with Gasteiger partial charge in [0, 0.05) is 23.9 Å². The lowest BCUT2D eigenvalue weighted by atomic mass is 10.1. The average molecular weight is 448 g/mol. The van der Waals surface area contributed by atoms with Gasteiger partial charge in [0.15, 0.2) is 5.16 Å². The zero-order chi connectivity index (χ0) is 21.2. The first-order chi connectivity index (χ1) is 15.2. The highest BCUT2D eigenvalue weighted by Crippen LogP contribution is 2.31. The van der Waals surface area contributed by atoms with Crippen LogP contribution in [0, 0.1) is 5.82 Å². The predicted molar refractivity (Wildman–Crippen MR) is 125 cm³/mol. The van der Waals surface area contributed by atoms with E-state index in [1.807, 2.05) is 30.3 Å². The lowest BCUT2D eigenvalue weighted by Crippen LogP contribution is -2.23. The fourth-order valence-corrected chi connectivity index (χ4v) is 5.47. The van der Waals surface area contributed by atoms with Crippen LogP contribution in [0.15, 0.2) is 82.9 Å². The predicted octanol–water partition coefficient (Wildman–Crippen LogP) is 5.68. The van der Waals surface area contributed by atoms with Gasteiger partial charge in [-0.25, -0.2) is 14.4 Å². The number of halogens is 1. The van der Waals surface area contributed by atoms with Crippen LogP contribution in [0.4, 0.5) is 4.39 Å². The first kappa shape index (κ1) is 19.9. The van der Waals surface area contributed by atoms with Crippen molar-refractivity contribution >= 4 is 43.5 Å². The molecule has 0 amide bonds. The SMILES string of the molecule is O=c1c2sc3ncccc3c2nc(SCc2ccc(F)cc2)n1CCc1ccccc1. The summed E-state index contributed by atoms with van der Waals surface area (Å²) in [5.41, 5.74) is 2.82. The topological polar surface area (TPSA) is 47.8 Å². The number of aryl methyl sites for hydroxylation is 1. The van der Waals surface area contributed by atoms with Gasteiger partial charge in [-0.05, 0) is 41.8 Å². The zero-order valence-electron chi connectivity index (χ0n) is 16.5. The van der Waals surface area contributed by atoms with E-state index in [0.717, 1.165) is 22.2 Å². The summed E-state index contributed by atoms with van der Waals surface area (Å²) in [5.74, 6) is 0.342. The van der Waals surface area contributed by atoms with E-state index < -0.39 is 0 Å². The quantitative estimate of drug-likeness (QED) is 0.248. The van der Waals surface area contributed by atoms with E-state index >= 15 is 0 Å². The van der Waals surface area contributed by atoms with Crippen LogP contribution < -0.4 is 5.56 Å². The summed E-state index contributed by atoms with van der Waals surface area (Å²) in [6.45, 7) is 0.541. The summed E-state index contributed by atoms with van der Waals surface area (Å²) >= 11 is 2.89. The van der Waals surface area contributed by atoms with Gasteiger partial charge in [0.25, 0.3) is 5.56 Å². The Hall–Kier alpha value is -3.03. The monoisotopic (exact) mass is 447 g/mol. The smallest absolute Gasteiger partial charge is 0.272 e. The van der Waals surface area contributed by atoms with Crippen LogP contribution in [0.25, 0.3) is 20.4 Å². The Labute approximate surface area is 186 Å². The standard InChI is InChI=1S/C24H18FN3OS2/c25-18-10-8-17(9-11-18)15-30-24-27-20-19-7-4-13-26-22(19)31-21(20)23(29)28(24)14-12-16-5-2-1-3-6-16/h1-11,13H,12,14-15H2. The summed E-state index contributed by atoms with van der Waals surface area (Å²) < 4.78 is 15.6. The van der Waals surface area contributed by atoms with Crippen LogP contribution in [0.2, 0.25) is 0 Å². The van der Waals surface area contributed by atoms with E-state index in [9.17, 15) is 9.18 Å². The molecule has 5 rings (SSSR count). The third kappa shape index (κ3) is 4.11. The van der Waals surface area contributed by atoms with Gasteiger partial charge in [-0.2, -0.15) is 0 Å². The van der Waals surface area contributed by atoms with Crippen molar-refractivity contribution in [3.05, 3.63) is 100 Å². The highest BCUT2D eigenvalue weighted by molar-refractivity contribution is 7.98. The summed E-state index contributed by atoms with van der Waals surface area (Å²) in [7, 11) is 0. The molecule has 3 heterocycles. The van der Waals surface area contributed by atoms with Crippen molar-refractivity contribution in [1.82, 2.24) is 14.5 Å². The summed E-state index contributed by atoms with van der Waals surface area (Å²) in [5, 5.41) is 1.57. The molecule has 0 radical (unpaired) electrons. The highest BCUT2D eigenvalue weighted by atomic mass is 32.2. The molecule has 0 saturated heterocycles. The van der Waals surface area contributed by atoms with Gasteiger partial charge in [0.05, 0.1) is 5.52 Å². The number of aromatic nitrogens is 3. The minimum absolute atomic E-state index is 0.0365. The Morgan fingerprint density at radius 2 is 1.77 bits per heavy atom. The van der Waals surface area contributed by atoms with Crippen LogP contribution in [0.1, 0.15) is 11.1 Å². The third-order valence-corrected chi connectivity index (χ3v) is 7.20. The molecule has 0 atom stereocenters. The van der Waals surface area contributed by atoms with Gasteiger partial charge in [-0.3, -0.25) is 9.36 Å². The molecule has 31 heavy (non-hydrogen) atoms. The summed E-state index contributed by atoms with van der Waals surface area (Å²) in [6.07, 6.45) is 2.47. The Bertz CT molecular complexity index is 1410. The van der Waals surface area contributed by atoms with E-state index in [1.54, 1.807) is 22.9 Å². The molecular weight excluding hydrogens is 429 g/mol. The maximum absolute atomic E-state index is 13.4. The van der Waals surface area contributed by atoms with Crippen LogP contribution in [-0.2, 0) is 18.7 Å². The third-order valence-electron chi connectivity index (χ3n) is 5.07. The van der Waals surface area contributed by atoms with Crippen LogP contribution >= 0.6 is 23.1 Å². The number of fused-ring (bicyclic) bond motifs is 3. The van der Waals surface area contributed by atoms with Crippen molar-refractivity contribution in [2.45, 2.75) is 23.9 Å². The van der Waals surface area contributed by atoms with Crippen LogP contribution in [0.3, 0.4) is 0 Å². The molecule has 0 saturated carbocycles. The van der Waals surface area contributed by atoms with E-state index in [0.29, 0.717) is 27.7 Å². The lowest BCUT2D eigenvalue weighted by molar-refractivity contribution is 0.596. The van der Waals surface area contributed by atoms with Crippen LogP contribution in [-0.4, -0.2) is 14.5 Å². The van der Waals surface area contributed by atoms with Gasteiger partial charge >= 0.3 is 0 Å². The number of thiophene rings is 1. The molecule has 3 aromatic heterocycles. The minimum Gasteiger partial charge on any atom is -0.286 e. The number of rotatable bonds is 6. The second-order valence-electron chi connectivity index (χ2n) is 7.14. The molecule has 0 N–H and O–H groups in total. The molecule has 2 aromatic carbocycles. The Morgan fingerprint density at radius 1 is 0.968 bits per heavy atom. The van der Waals surface area contributed by atoms with E-state index in [-0.39, 0.29) is 11.4 Å². The number of benzene rings is 2. The molecule has 0 aliphatic carbocycles. The van der Waals surface area contributed by atoms with Gasteiger partial charge in [-0.15, -0.1) is 11.3 Å². The Kier molecular flexibility index (Phi) is 5.53. The molecule has 0 aliphatic heterocycles. The molecule has 5 aromatic rings. The van der Waals surface area contributed by atoms with Crippen molar-refractivity contribution in [2.24, 2.45) is 0 Å². The van der Waals surface area contributed by atoms with Gasteiger partial charge < -0.3 is 0 Å². The van der Waals surface area contributed by atoms with Gasteiger partial charge in [0.2, 0.25) is 0 Å². The summed E-state index contributed by atoms with van der Waals surface area (Å²) in [4.78, 5) is 23.5. The average Bonchev–Trinajstić information content (AvgIpc) is 3.18. The van der Waals surface area contributed by atoms with Crippen molar-refractivity contribution in [2.75, 3.05) is 0 Å². The molecule has 0 aliphatic rings. The highest BCUT2D eigenvalue weighted by Gasteiger charge is 2.17. The zero-order valence-corrected chi connectivity index (χ0v) is 18.1. The first-order valence-corrected chi connectivity index (χ1v) is 11.7. The Balaban J connectivity index is 1.56. The minimum atomic E-state index is -0.259. The molecule has 154 valence electrons. The number of thioether (sulfide) groups is 1. The van der Waals surface area contributed by atoms with Crippen molar-refractivity contribution < 1.29 is 4.39 Å². The van der Waals surface area contributed by atoms with Crippen molar-refractivity contribution in [3.63, 3.8) is 0 Å². The Morgan fingerprint density at radius 3 is 2.58 bits per heavy atom. The molecule has 0 unspecified atom stereocenters. The van der Waals surface area contributed by atoms with E-state index in [4.69, 9.17) is 4.98 Å². The first-order valence-electron chi connectivity index (χ1n) is 9.88. The largest absolute Gasteiger partial charge is 0.286 e. The normalized spacial score (nSPS) is 11.4. The second kappa shape index (κ2) is 8.61. The number of nitrogens with zero attached hydrogens (tertiary/aromatic N) is 3. The van der Waals surface area contributed by atoms with Crippen LogP contribution in [0.5, 0.6) is 0 Å². The maximum Gasteiger partial charge on any atom is 0.272 e. The molecule has 0 bridgehead atoms. The number of hydrogen-bond acceptors (Lipinski definition) is 5. The molecule has 7 heteroatoms. The van der Waals surface area contributed by atoms with E-state index in [2.05, 4.69) is 17.1 Å².